The van der Waals surface area contributed by atoms with Crippen molar-refractivity contribution in [1.82, 2.24) is 0 Å². The molecule has 0 aliphatic heterocycles. The molecule has 0 heterocycles. The zero-order chi connectivity index (χ0) is 11.4. The predicted molar refractivity (Wildman–Crippen MR) is 45.8 cm³/mol. The standard InChI is InChI=1S/C9H7F2NO3/c10-5-2-1-3-6(11)8(5)9(14)15-4-7(12)13/h1-3H,4H2,(H2,12,13). The van der Waals surface area contributed by atoms with Crippen molar-refractivity contribution < 1.29 is 23.1 Å². The highest BCUT2D eigenvalue weighted by atomic mass is 19.1. The number of ether oxygens (including phenoxy) is 1. The third-order valence-corrected chi connectivity index (χ3v) is 1.51. The lowest BCUT2D eigenvalue weighted by Crippen LogP contribution is -2.21. The summed E-state index contributed by atoms with van der Waals surface area (Å²) in [5, 5.41) is 0. The number of halogens is 2. The Morgan fingerprint density at radius 1 is 1.27 bits per heavy atom. The van der Waals surface area contributed by atoms with Crippen LogP contribution >= 0.6 is 0 Å². The number of esters is 1. The lowest BCUT2D eigenvalue weighted by molar-refractivity contribution is -0.121. The van der Waals surface area contributed by atoms with E-state index in [-0.39, 0.29) is 0 Å². The molecule has 1 amide bonds. The van der Waals surface area contributed by atoms with Gasteiger partial charge in [-0.2, -0.15) is 0 Å². The van der Waals surface area contributed by atoms with Crippen LogP contribution in [-0.4, -0.2) is 18.5 Å². The summed E-state index contributed by atoms with van der Waals surface area (Å²) >= 11 is 0. The second-order valence-electron chi connectivity index (χ2n) is 2.64. The van der Waals surface area contributed by atoms with E-state index >= 15 is 0 Å². The summed E-state index contributed by atoms with van der Waals surface area (Å²) in [5.41, 5.74) is 3.86. The third-order valence-electron chi connectivity index (χ3n) is 1.51. The fourth-order valence-corrected chi connectivity index (χ4v) is 0.902. The van der Waals surface area contributed by atoms with Crippen molar-refractivity contribution in [3.63, 3.8) is 0 Å². The van der Waals surface area contributed by atoms with Gasteiger partial charge in [-0.25, -0.2) is 13.6 Å². The van der Waals surface area contributed by atoms with Gasteiger partial charge in [-0.1, -0.05) is 6.07 Å². The van der Waals surface area contributed by atoms with Gasteiger partial charge in [0.25, 0.3) is 5.91 Å². The van der Waals surface area contributed by atoms with Crippen molar-refractivity contribution in [2.45, 2.75) is 0 Å². The molecule has 0 saturated carbocycles. The van der Waals surface area contributed by atoms with Gasteiger partial charge in [-0.05, 0) is 12.1 Å². The molecule has 0 atom stereocenters. The number of carbonyl (C=O) groups is 2. The average molecular weight is 215 g/mol. The number of benzene rings is 1. The van der Waals surface area contributed by atoms with E-state index < -0.39 is 35.7 Å². The third kappa shape index (κ3) is 2.73. The summed E-state index contributed by atoms with van der Waals surface area (Å²) < 4.78 is 30.2. The number of nitrogens with two attached hydrogens (primary N) is 1. The van der Waals surface area contributed by atoms with Gasteiger partial charge in [0, 0.05) is 0 Å². The molecule has 0 fully saturated rings. The first kappa shape index (κ1) is 11.1. The van der Waals surface area contributed by atoms with Gasteiger partial charge in [-0.3, -0.25) is 4.79 Å². The molecule has 0 spiro atoms. The minimum Gasteiger partial charge on any atom is -0.452 e. The molecule has 0 aliphatic carbocycles. The number of rotatable bonds is 3. The Balaban J connectivity index is 2.86. The molecule has 15 heavy (non-hydrogen) atoms. The fraction of sp³-hybridized carbons (Fsp3) is 0.111. The Kier molecular flexibility index (Phi) is 3.33. The largest absolute Gasteiger partial charge is 0.452 e. The van der Waals surface area contributed by atoms with E-state index in [1.54, 1.807) is 0 Å². The quantitative estimate of drug-likeness (QED) is 0.751. The van der Waals surface area contributed by atoms with E-state index in [4.69, 9.17) is 5.73 Å². The maximum absolute atomic E-state index is 13.0. The molecule has 1 rings (SSSR count). The molecular weight excluding hydrogens is 208 g/mol. The molecule has 6 heteroatoms. The zero-order valence-electron chi connectivity index (χ0n) is 7.50. The van der Waals surface area contributed by atoms with Crippen LogP contribution < -0.4 is 5.73 Å². The highest BCUT2D eigenvalue weighted by molar-refractivity contribution is 5.91. The van der Waals surface area contributed by atoms with Crippen molar-refractivity contribution in [1.29, 1.82) is 0 Å². The van der Waals surface area contributed by atoms with Crippen LogP contribution in [-0.2, 0) is 9.53 Å². The van der Waals surface area contributed by atoms with Crippen LogP contribution in [0, 0.1) is 11.6 Å². The zero-order valence-corrected chi connectivity index (χ0v) is 7.50. The van der Waals surface area contributed by atoms with E-state index in [0.29, 0.717) is 0 Å². The second kappa shape index (κ2) is 4.50. The molecule has 0 radical (unpaired) electrons. The highest BCUT2D eigenvalue weighted by Gasteiger charge is 2.18. The molecule has 1 aromatic rings. The average Bonchev–Trinajstić information content (AvgIpc) is 2.14. The summed E-state index contributed by atoms with van der Waals surface area (Å²) in [7, 11) is 0. The second-order valence-corrected chi connectivity index (χ2v) is 2.64. The summed E-state index contributed by atoms with van der Waals surface area (Å²) in [4.78, 5) is 21.3. The van der Waals surface area contributed by atoms with Crippen LogP contribution in [0.4, 0.5) is 8.78 Å². The van der Waals surface area contributed by atoms with Crippen LogP contribution in [0.3, 0.4) is 0 Å². The van der Waals surface area contributed by atoms with Crippen molar-refractivity contribution in [2.75, 3.05) is 6.61 Å². The monoisotopic (exact) mass is 215 g/mol. The predicted octanol–water partition coefficient (Wildman–Crippen LogP) is 0.607. The van der Waals surface area contributed by atoms with E-state index in [1.807, 2.05) is 0 Å². The minimum atomic E-state index is -1.26. The number of hydrogen-bond donors (Lipinski definition) is 1. The van der Waals surface area contributed by atoms with E-state index in [0.717, 1.165) is 18.2 Å². The van der Waals surface area contributed by atoms with Crippen LogP contribution in [0.2, 0.25) is 0 Å². The molecule has 0 aromatic heterocycles. The number of amides is 1. The molecule has 0 unspecified atom stereocenters. The first-order valence-electron chi connectivity index (χ1n) is 3.92. The lowest BCUT2D eigenvalue weighted by atomic mass is 10.2. The summed E-state index contributed by atoms with van der Waals surface area (Å²) in [6.07, 6.45) is 0. The smallest absolute Gasteiger partial charge is 0.344 e. The Morgan fingerprint density at radius 3 is 2.27 bits per heavy atom. The molecule has 0 saturated heterocycles. The minimum absolute atomic E-state index is 0.716. The van der Waals surface area contributed by atoms with Crippen molar-refractivity contribution in [3.05, 3.63) is 35.4 Å². The lowest BCUT2D eigenvalue weighted by Gasteiger charge is -2.04. The summed E-state index contributed by atoms with van der Waals surface area (Å²) in [5.74, 6) is -4.27. The van der Waals surface area contributed by atoms with Gasteiger partial charge in [0.2, 0.25) is 0 Å². The Hall–Kier alpha value is -1.98. The molecule has 2 N–H and O–H groups in total. The van der Waals surface area contributed by atoms with Gasteiger partial charge < -0.3 is 10.5 Å². The van der Waals surface area contributed by atoms with Crippen LogP contribution in [0.5, 0.6) is 0 Å². The Bertz CT molecular complexity index is 386. The summed E-state index contributed by atoms with van der Waals surface area (Å²) in [6, 6.07) is 2.92. The first-order valence-corrected chi connectivity index (χ1v) is 3.92. The van der Waals surface area contributed by atoms with Crippen molar-refractivity contribution in [2.24, 2.45) is 5.73 Å². The van der Waals surface area contributed by atoms with Gasteiger partial charge in [0.1, 0.15) is 17.2 Å². The topological polar surface area (TPSA) is 69.4 Å². The molecule has 80 valence electrons. The SMILES string of the molecule is NC(=O)COC(=O)c1c(F)cccc1F. The molecule has 0 bridgehead atoms. The normalized spacial score (nSPS) is 9.73. The van der Waals surface area contributed by atoms with Gasteiger partial charge in [0.15, 0.2) is 6.61 Å². The maximum Gasteiger partial charge on any atom is 0.344 e. The van der Waals surface area contributed by atoms with E-state index in [2.05, 4.69) is 4.74 Å². The molecule has 1 aromatic carbocycles. The highest BCUT2D eigenvalue weighted by Crippen LogP contribution is 2.12. The van der Waals surface area contributed by atoms with Crippen molar-refractivity contribution >= 4 is 11.9 Å². The molecule has 0 aliphatic rings. The maximum atomic E-state index is 13.0. The molecular formula is C9H7F2NO3. The number of carbonyl (C=O) groups excluding carboxylic acids is 2. The summed E-state index contributed by atoms with van der Waals surface area (Å²) in [6.45, 7) is -0.716. The first-order chi connectivity index (χ1) is 7.02. The number of primary amides is 1. The van der Waals surface area contributed by atoms with Gasteiger partial charge >= 0.3 is 5.97 Å². The molecule has 4 nitrogen and oxygen atoms in total. The Labute approximate surface area is 83.6 Å². The fourth-order valence-electron chi connectivity index (χ4n) is 0.902. The number of hydrogen-bond acceptors (Lipinski definition) is 3. The van der Waals surface area contributed by atoms with Crippen molar-refractivity contribution in [3.8, 4) is 0 Å². The Morgan fingerprint density at radius 2 is 1.80 bits per heavy atom. The van der Waals surface area contributed by atoms with Crippen LogP contribution in [0.15, 0.2) is 18.2 Å². The van der Waals surface area contributed by atoms with Crippen LogP contribution in [0.25, 0.3) is 0 Å². The van der Waals surface area contributed by atoms with Gasteiger partial charge in [0.05, 0.1) is 0 Å². The van der Waals surface area contributed by atoms with E-state index in [9.17, 15) is 18.4 Å². The van der Waals surface area contributed by atoms with Gasteiger partial charge in [-0.15, -0.1) is 0 Å². The van der Waals surface area contributed by atoms with Crippen LogP contribution in [0.1, 0.15) is 10.4 Å². The van der Waals surface area contributed by atoms with E-state index in [1.165, 1.54) is 0 Å².